The summed E-state index contributed by atoms with van der Waals surface area (Å²) in [6.45, 7) is 4.19. The molecule has 0 bridgehead atoms. The van der Waals surface area contributed by atoms with Gasteiger partial charge in [-0.25, -0.2) is 0 Å². The number of para-hydroxylation sites is 1. The lowest BCUT2D eigenvalue weighted by Crippen LogP contribution is -2.33. The molecule has 4 heteroatoms. The minimum absolute atomic E-state index is 0.623. The van der Waals surface area contributed by atoms with E-state index in [4.69, 9.17) is 9.26 Å². The maximum atomic E-state index is 5.84. The topological polar surface area (TPSA) is 38.5 Å². The maximum absolute atomic E-state index is 5.84. The van der Waals surface area contributed by atoms with Crippen LogP contribution < -0.4 is 4.74 Å². The summed E-state index contributed by atoms with van der Waals surface area (Å²) in [4.78, 5) is 2.57. The third-order valence-electron chi connectivity index (χ3n) is 5.30. The highest BCUT2D eigenvalue weighted by molar-refractivity contribution is 5.81. The molecule has 1 saturated heterocycles. The molecule has 1 aliphatic heterocycles. The second kappa shape index (κ2) is 8.37. The van der Waals surface area contributed by atoms with E-state index in [1.807, 2.05) is 24.3 Å². The molecule has 0 atom stereocenters. The Morgan fingerprint density at radius 1 is 1.00 bits per heavy atom. The normalized spacial score (nSPS) is 16.2. The Bertz CT molecular complexity index is 807. The summed E-state index contributed by atoms with van der Waals surface area (Å²) in [5, 5.41) is 4.99. The van der Waals surface area contributed by atoms with Crippen LogP contribution in [0.2, 0.25) is 0 Å². The van der Waals surface area contributed by atoms with Gasteiger partial charge in [0, 0.05) is 6.54 Å². The van der Waals surface area contributed by atoms with Gasteiger partial charge < -0.3 is 9.26 Å². The van der Waals surface area contributed by atoms with Crippen molar-refractivity contribution in [1.82, 2.24) is 10.1 Å². The van der Waals surface area contributed by atoms with E-state index in [1.165, 1.54) is 37.9 Å². The molecular weight excluding hydrogens is 324 g/mol. The molecule has 0 aliphatic carbocycles. The number of likely N-dealkylation sites (tertiary alicyclic amines) is 1. The molecule has 1 fully saturated rings. The molecule has 0 N–H and O–H groups in total. The van der Waals surface area contributed by atoms with Gasteiger partial charge >= 0.3 is 0 Å². The Kier molecular flexibility index (Phi) is 5.50. The predicted octanol–water partition coefficient (Wildman–Crippen LogP) is 4.90. The van der Waals surface area contributed by atoms with Crippen molar-refractivity contribution in [3.05, 3.63) is 60.2 Å². The van der Waals surface area contributed by atoms with Crippen molar-refractivity contribution in [2.45, 2.75) is 32.2 Å². The first-order chi connectivity index (χ1) is 12.9. The van der Waals surface area contributed by atoms with Crippen LogP contribution in [-0.4, -0.2) is 29.8 Å². The van der Waals surface area contributed by atoms with E-state index in [2.05, 4.69) is 40.4 Å². The highest BCUT2D eigenvalue weighted by Gasteiger charge is 2.19. The van der Waals surface area contributed by atoms with Crippen molar-refractivity contribution in [3.63, 3.8) is 0 Å². The van der Waals surface area contributed by atoms with Crippen molar-refractivity contribution < 1.29 is 9.26 Å². The van der Waals surface area contributed by atoms with Gasteiger partial charge in [-0.15, -0.1) is 0 Å². The number of nitrogens with zero attached hydrogens (tertiary/aromatic N) is 2. The molecule has 4 rings (SSSR count). The molecule has 0 unspecified atom stereocenters. The molecule has 0 radical (unpaired) electrons. The summed E-state index contributed by atoms with van der Waals surface area (Å²) in [6, 6.07) is 18.6. The van der Waals surface area contributed by atoms with Gasteiger partial charge in [-0.05, 0) is 67.5 Å². The fourth-order valence-corrected chi connectivity index (χ4v) is 3.78. The van der Waals surface area contributed by atoms with Gasteiger partial charge in [0.1, 0.15) is 0 Å². The van der Waals surface area contributed by atoms with Gasteiger partial charge in [-0.3, -0.25) is 4.90 Å². The minimum Gasteiger partial charge on any atom is -0.475 e. The lowest BCUT2D eigenvalue weighted by atomic mass is 9.92. The zero-order valence-electron chi connectivity index (χ0n) is 15.1. The number of hydrogen-bond donors (Lipinski definition) is 0. The van der Waals surface area contributed by atoms with Gasteiger partial charge in [0.25, 0.3) is 5.88 Å². The first kappa shape index (κ1) is 17.1. The van der Waals surface area contributed by atoms with Crippen LogP contribution in [0.25, 0.3) is 11.0 Å². The molecule has 1 aromatic heterocycles. The van der Waals surface area contributed by atoms with Crippen LogP contribution >= 0.6 is 0 Å². The Labute approximate surface area is 154 Å². The van der Waals surface area contributed by atoms with E-state index in [0.717, 1.165) is 29.9 Å². The third-order valence-corrected chi connectivity index (χ3v) is 5.30. The summed E-state index contributed by atoms with van der Waals surface area (Å²) >= 11 is 0. The smallest absolute Gasteiger partial charge is 0.262 e. The lowest BCUT2D eigenvalue weighted by Gasteiger charge is -2.32. The van der Waals surface area contributed by atoms with E-state index in [1.54, 1.807) is 0 Å². The minimum atomic E-state index is 0.623. The number of rotatable bonds is 7. The zero-order valence-corrected chi connectivity index (χ0v) is 15.1. The molecular formula is C22H26N2O2. The van der Waals surface area contributed by atoms with Gasteiger partial charge in [0.2, 0.25) is 0 Å². The molecule has 136 valence electrons. The molecule has 1 aliphatic rings. The largest absolute Gasteiger partial charge is 0.475 e. The van der Waals surface area contributed by atoms with Gasteiger partial charge in [-0.1, -0.05) is 42.5 Å². The van der Waals surface area contributed by atoms with E-state index in [-0.39, 0.29) is 0 Å². The predicted molar refractivity (Wildman–Crippen MR) is 103 cm³/mol. The zero-order chi connectivity index (χ0) is 17.6. The van der Waals surface area contributed by atoms with Crippen molar-refractivity contribution in [3.8, 4) is 5.88 Å². The highest BCUT2D eigenvalue weighted by Crippen LogP contribution is 2.26. The second-order valence-electron chi connectivity index (χ2n) is 7.18. The molecule has 4 nitrogen and oxygen atoms in total. The Morgan fingerprint density at radius 3 is 2.62 bits per heavy atom. The first-order valence-corrected chi connectivity index (χ1v) is 9.62. The van der Waals surface area contributed by atoms with E-state index in [0.29, 0.717) is 12.5 Å². The van der Waals surface area contributed by atoms with Crippen molar-refractivity contribution >= 4 is 11.0 Å². The van der Waals surface area contributed by atoms with E-state index in [9.17, 15) is 0 Å². The van der Waals surface area contributed by atoms with Crippen LogP contribution in [0.3, 0.4) is 0 Å². The summed E-state index contributed by atoms with van der Waals surface area (Å²) in [6.07, 6.45) is 4.89. The second-order valence-corrected chi connectivity index (χ2v) is 7.18. The van der Waals surface area contributed by atoms with Crippen LogP contribution in [-0.2, 0) is 6.54 Å². The molecule has 3 aromatic rings. The Balaban J connectivity index is 1.16. The fourth-order valence-electron chi connectivity index (χ4n) is 3.78. The number of benzene rings is 2. The average molecular weight is 350 g/mol. The quantitative estimate of drug-likeness (QED) is 0.568. The van der Waals surface area contributed by atoms with Crippen LogP contribution in [0.5, 0.6) is 5.88 Å². The summed E-state index contributed by atoms with van der Waals surface area (Å²) in [7, 11) is 0. The number of hydrogen-bond acceptors (Lipinski definition) is 4. The number of ether oxygens (including phenoxy) is 1. The van der Waals surface area contributed by atoms with Gasteiger partial charge in [0.05, 0.1) is 12.0 Å². The van der Waals surface area contributed by atoms with Crippen LogP contribution in [0, 0.1) is 5.92 Å². The van der Waals surface area contributed by atoms with Crippen molar-refractivity contribution in [2.75, 3.05) is 19.7 Å². The van der Waals surface area contributed by atoms with Gasteiger partial charge in [-0.2, -0.15) is 0 Å². The van der Waals surface area contributed by atoms with Crippen molar-refractivity contribution in [2.24, 2.45) is 5.92 Å². The molecule has 2 aromatic carbocycles. The highest BCUT2D eigenvalue weighted by atomic mass is 16.5. The monoisotopic (exact) mass is 350 g/mol. The fraction of sp³-hybridized carbons (Fsp3) is 0.409. The molecule has 26 heavy (non-hydrogen) atoms. The maximum Gasteiger partial charge on any atom is 0.262 e. The molecule has 0 spiro atoms. The van der Waals surface area contributed by atoms with E-state index < -0.39 is 0 Å². The van der Waals surface area contributed by atoms with Gasteiger partial charge in [0.15, 0.2) is 5.58 Å². The summed E-state index contributed by atoms with van der Waals surface area (Å²) in [5.41, 5.74) is 2.20. The molecule has 0 saturated carbocycles. The Morgan fingerprint density at radius 2 is 1.77 bits per heavy atom. The van der Waals surface area contributed by atoms with E-state index >= 15 is 0 Å². The third kappa shape index (κ3) is 4.25. The number of piperidine rings is 1. The Hall–Kier alpha value is -2.33. The SMILES string of the molecule is c1ccc(CN2CCC(CCCOc3noc4ccccc34)CC2)cc1. The number of fused-ring (bicyclic) bond motifs is 1. The summed E-state index contributed by atoms with van der Waals surface area (Å²) < 4.78 is 11.1. The van der Waals surface area contributed by atoms with Crippen molar-refractivity contribution in [1.29, 1.82) is 0 Å². The lowest BCUT2D eigenvalue weighted by molar-refractivity contribution is 0.165. The van der Waals surface area contributed by atoms with Crippen LogP contribution in [0.4, 0.5) is 0 Å². The van der Waals surface area contributed by atoms with Crippen LogP contribution in [0.15, 0.2) is 59.1 Å². The first-order valence-electron chi connectivity index (χ1n) is 9.62. The van der Waals surface area contributed by atoms with Crippen LogP contribution in [0.1, 0.15) is 31.2 Å². The number of aromatic nitrogens is 1. The average Bonchev–Trinajstić information content (AvgIpc) is 3.11. The molecule has 0 amide bonds. The summed E-state index contributed by atoms with van der Waals surface area (Å²) in [5.74, 6) is 1.44. The standard InChI is InChI=1S/C22H26N2O2/c1-2-7-19(8-3-1)17-24-14-12-18(13-15-24)9-6-16-25-22-20-10-4-5-11-21(20)26-23-22/h1-5,7-8,10-11,18H,6,9,12-17H2. The molecule has 2 heterocycles.